The van der Waals surface area contributed by atoms with E-state index in [1.54, 1.807) is 12.1 Å². The third kappa shape index (κ3) is 4.07. The van der Waals surface area contributed by atoms with Gasteiger partial charge in [0.15, 0.2) is 10.6 Å². The Morgan fingerprint density at radius 1 is 1.03 bits per heavy atom. The summed E-state index contributed by atoms with van der Waals surface area (Å²) >= 11 is 1.02. The average Bonchev–Trinajstić information content (AvgIpc) is 3.06. The molecule has 4 aromatic rings. The molecule has 0 spiro atoms. The van der Waals surface area contributed by atoms with E-state index in [-0.39, 0.29) is 16.9 Å². The van der Waals surface area contributed by atoms with Gasteiger partial charge in [-0.25, -0.2) is 8.78 Å². The van der Waals surface area contributed by atoms with Crippen LogP contribution in [0.4, 0.5) is 8.78 Å². The SMILES string of the molecule is C#CCn1c(=NC(=O)c2ccc(Cc3ccccc3)cc2)sc2cc(F)cc(F)c21. The number of halogens is 2. The summed E-state index contributed by atoms with van der Waals surface area (Å²) in [6.07, 6.45) is 6.15. The number of nitrogens with zero attached hydrogens (tertiary/aromatic N) is 2. The Morgan fingerprint density at radius 3 is 2.43 bits per heavy atom. The van der Waals surface area contributed by atoms with Crippen molar-refractivity contribution in [1.82, 2.24) is 4.57 Å². The highest BCUT2D eigenvalue weighted by Gasteiger charge is 2.14. The first-order valence-corrected chi connectivity index (χ1v) is 10.0. The normalized spacial score (nSPS) is 11.6. The largest absolute Gasteiger partial charge is 0.302 e. The van der Waals surface area contributed by atoms with Crippen LogP contribution in [0.15, 0.2) is 71.7 Å². The van der Waals surface area contributed by atoms with Crippen molar-refractivity contribution in [3.05, 3.63) is 99.9 Å². The molecule has 3 aromatic carbocycles. The van der Waals surface area contributed by atoms with Gasteiger partial charge in [-0.2, -0.15) is 4.99 Å². The highest BCUT2D eigenvalue weighted by Crippen LogP contribution is 2.22. The average molecular weight is 418 g/mol. The molecule has 30 heavy (non-hydrogen) atoms. The van der Waals surface area contributed by atoms with Gasteiger partial charge in [0.1, 0.15) is 5.82 Å². The number of rotatable bonds is 4. The van der Waals surface area contributed by atoms with E-state index in [2.05, 4.69) is 10.9 Å². The van der Waals surface area contributed by atoms with E-state index in [1.165, 1.54) is 16.2 Å². The fourth-order valence-electron chi connectivity index (χ4n) is 3.20. The van der Waals surface area contributed by atoms with Crippen LogP contribution in [-0.2, 0) is 13.0 Å². The molecule has 0 aliphatic rings. The predicted molar refractivity (Wildman–Crippen MR) is 114 cm³/mol. The van der Waals surface area contributed by atoms with Crippen molar-refractivity contribution >= 4 is 27.5 Å². The van der Waals surface area contributed by atoms with E-state index in [9.17, 15) is 13.6 Å². The Labute approximate surface area is 176 Å². The Bertz CT molecular complexity index is 1330. The van der Waals surface area contributed by atoms with Gasteiger partial charge in [0.25, 0.3) is 5.91 Å². The molecule has 0 unspecified atom stereocenters. The number of hydrogen-bond acceptors (Lipinski definition) is 2. The molecule has 0 saturated heterocycles. The maximum Gasteiger partial charge on any atom is 0.279 e. The lowest BCUT2D eigenvalue weighted by Crippen LogP contribution is -2.17. The summed E-state index contributed by atoms with van der Waals surface area (Å²) < 4.78 is 29.6. The molecule has 6 heteroatoms. The number of hydrogen-bond donors (Lipinski definition) is 0. The number of carbonyl (C=O) groups excluding carboxylic acids is 1. The van der Waals surface area contributed by atoms with Crippen molar-refractivity contribution in [3.63, 3.8) is 0 Å². The standard InChI is InChI=1S/C24H16F2N2OS/c1-2-12-28-22-20(26)14-19(25)15-21(22)30-24(28)27-23(29)18-10-8-17(9-11-18)13-16-6-4-3-5-7-16/h1,3-11,14-15H,12-13H2. The number of carbonyl (C=O) groups is 1. The van der Waals surface area contributed by atoms with Gasteiger partial charge < -0.3 is 4.57 Å². The molecule has 1 amide bonds. The molecule has 148 valence electrons. The molecule has 0 aliphatic carbocycles. The van der Waals surface area contributed by atoms with Gasteiger partial charge in [-0.3, -0.25) is 4.79 Å². The van der Waals surface area contributed by atoms with Crippen molar-refractivity contribution in [2.75, 3.05) is 0 Å². The summed E-state index contributed by atoms with van der Waals surface area (Å²) in [5, 5.41) is 0. The fourth-order valence-corrected chi connectivity index (χ4v) is 4.27. The summed E-state index contributed by atoms with van der Waals surface area (Å²) in [7, 11) is 0. The van der Waals surface area contributed by atoms with Crippen LogP contribution in [0.1, 0.15) is 21.5 Å². The first kappa shape index (κ1) is 19.7. The molecule has 1 heterocycles. The van der Waals surface area contributed by atoms with Gasteiger partial charge in [-0.15, -0.1) is 6.42 Å². The van der Waals surface area contributed by atoms with Gasteiger partial charge in [-0.1, -0.05) is 59.7 Å². The minimum Gasteiger partial charge on any atom is -0.302 e. The second-order valence-corrected chi connectivity index (χ2v) is 7.69. The van der Waals surface area contributed by atoms with E-state index in [1.807, 2.05) is 42.5 Å². The summed E-state index contributed by atoms with van der Waals surface area (Å²) in [6, 6.07) is 19.2. The van der Waals surface area contributed by atoms with Crippen molar-refractivity contribution in [2.45, 2.75) is 13.0 Å². The third-order valence-corrected chi connectivity index (χ3v) is 5.62. The Balaban J connectivity index is 1.67. The van der Waals surface area contributed by atoms with E-state index in [0.717, 1.165) is 29.4 Å². The maximum atomic E-state index is 14.3. The second-order valence-electron chi connectivity index (χ2n) is 6.69. The lowest BCUT2D eigenvalue weighted by atomic mass is 10.0. The summed E-state index contributed by atoms with van der Waals surface area (Å²) in [6.45, 7) is 0.0185. The molecule has 0 atom stereocenters. The smallest absolute Gasteiger partial charge is 0.279 e. The lowest BCUT2D eigenvalue weighted by molar-refractivity contribution is 0.0998. The minimum absolute atomic E-state index is 0.0185. The number of amides is 1. The third-order valence-electron chi connectivity index (χ3n) is 4.59. The Morgan fingerprint density at radius 2 is 1.73 bits per heavy atom. The summed E-state index contributed by atoms with van der Waals surface area (Å²) in [5.41, 5.74) is 2.79. The first-order valence-electron chi connectivity index (χ1n) is 9.19. The van der Waals surface area contributed by atoms with Gasteiger partial charge in [0, 0.05) is 11.6 Å². The number of fused-ring (bicyclic) bond motifs is 1. The van der Waals surface area contributed by atoms with E-state index < -0.39 is 17.5 Å². The summed E-state index contributed by atoms with van der Waals surface area (Å²) in [5.74, 6) is 0.520. The molecule has 0 bridgehead atoms. The highest BCUT2D eigenvalue weighted by molar-refractivity contribution is 7.16. The van der Waals surface area contributed by atoms with E-state index in [0.29, 0.717) is 10.3 Å². The maximum absolute atomic E-state index is 14.3. The monoisotopic (exact) mass is 418 g/mol. The van der Waals surface area contributed by atoms with Crippen LogP contribution in [0.3, 0.4) is 0 Å². The predicted octanol–water partition coefficient (Wildman–Crippen LogP) is 4.95. The molecule has 0 saturated carbocycles. The molecule has 0 aliphatic heterocycles. The number of aromatic nitrogens is 1. The molecule has 1 aromatic heterocycles. The van der Waals surface area contributed by atoms with Crippen molar-refractivity contribution < 1.29 is 13.6 Å². The Hall–Kier alpha value is -3.56. The highest BCUT2D eigenvalue weighted by atomic mass is 32.1. The molecule has 4 rings (SSSR count). The zero-order chi connectivity index (χ0) is 21.1. The van der Waals surface area contributed by atoms with Gasteiger partial charge >= 0.3 is 0 Å². The zero-order valence-electron chi connectivity index (χ0n) is 15.8. The summed E-state index contributed by atoms with van der Waals surface area (Å²) in [4.78, 5) is 17.0. The molecular weight excluding hydrogens is 402 g/mol. The van der Waals surface area contributed by atoms with Crippen LogP contribution in [0.5, 0.6) is 0 Å². The number of benzene rings is 3. The number of thiazole rings is 1. The Kier molecular flexibility index (Phi) is 5.55. The fraction of sp³-hybridized carbons (Fsp3) is 0.0833. The van der Waals surface area contributed by atoms with Crippen LogP contribution >= 0.6 is 11.3 Å². The van der Waals surface area contributed by atoms with Gasteiger partial charge in [0.2, 0.25) is 0 Å². The quantitative estimate of drug-likeness (QED) is 0.432. The van der Waals surface area contributed by atoms with Crippen LogP contribution in [-0.4, -0.2) is 10.5 Å². The van der Waals surface area contributed by atoms with Crippen molar-refractivity contribution in [3.8, 4) is 12.3 Å². The van der Waals surface area contributed by atoms with E-state index >= 15 is 0 Å². The lowest BCUT2D eigenvalue weighted by Gasteiger charge is -2.03. The minimum atomic E-state index is -0.740. The molecule has 0 N–H and O–H groups in total. The topological polar surface area (TPSA) is 34.4 Å². The van der Waals surface area contributed by atoms with Crippen LogP contribution in [0.25, 0.3) is 10.2 Å². The van der Waals surface area contributed by atoms with Crippen molar-refractivity contribution in [2.24, 2.45) is 4.99 Å². The van der Waals surface area contributed by atoms with Crippen LogP contribution in [0, 0.1) is 24.0 Å². The second kappa shape index (κ2) is 8.44. The first-order chi connectivity index (χ1) is 14.5. The van der Waals surface area contributed by atoms with Crippen molar-refractivity contribution in [1.29, 1.82) is 0 Å². The van der Waals surface area contributed by atoms with E-state index in [4.69, 9.17) is 6.42 Å². The molecule has 0 fully saturated rings. The van der Waals surface area contributed by atoms with Crippen LogP contribution < -0.4 is 4.80 Å². The zero-order valence-corrected chi connectivity index (χ0v) is 16.6. The molecule has 0 radical (unpaired) electrons. The molecular formula is C24H16F2N2OS. The van der Waals surface area contributed by atoms with Gasteiger partial charge in [-0.05, 0) is 35.7 Å². The number of terminal acetylenes is 1. The molecule has 3 nitrogen and oxygen atoms in total. The van der Waals surface area contributed by atoms with Crippen LogP contribution in [0.2, 0.25) is 0 Å². The van der Waals surface area contributed by atoms with Gasteiger partial charge in [0.05, 0.1) is 16.8 Å².